The molecule has 0 saturated heterocycles. The third-order valence-electron chi connectivity index (χ3n) is 2.54. The van der Waals surface area contributed by atoms with Crippen molar-refractivity contribution in [3.8, 4) is 11.5 Å². The van der Waals surface area contributed by atoms with Crippen LogP contribution in [0.5, 0.6) is 11.5 Å². The first-order chi connectivity index (χ1) is 7.80. The minimum atomic E-state index is 0.676. The van der Waals surface area contributed by atoms with E-state index in [2.05, 4.69) is 18.0 Å². The Labute approximate surface area is 95.0 Å². The van der Waals surface area contributed by atoms with Gasteiger partial charge in [0.1, 0.15) is 5.52 Å². The summed E-state index contributed by atoms with van der Waals surface area (Å²) in [6.45, 7) is 3.84. The third-order valence-corrected chi connectivity index (χ3v) is 2.54. The average molecular weight is 216 g/mol. The van der Waals surface area contributed by atoms with Gasteiger partial charge in [0.05, 0.1) is 14.2 Å². The zero-order valence-electron chi connectivity index (χ0n) is 9.49. The van der Waals surface area contributed by atoms with Gasteiger partial charge in [-0.2, -0.15) is 0 Å². The molecule has 3 nitrogen and oxygen atoms in total. The molecule has 3 heteroatoms. The Morgan fingerprint density at radius 1 is 1.25 bits per heavy atom. The van der Waals surface area contributed by atoms with Gasteiger partial charge < -0.3 is 9.47 Å². The van der Waals surface area contributed by atoms with E-state index in [4.69, 9.17) is 9.47 Å². The number of nitrogens with zero attached hydrogens (tertiary/aromatic N) is 1. The highest BCUT2D eigenvalue weighted by atomic mass is 16.5. The number of methoxy groups -OCH3 is 2. The van der Waals surface area contributed by atoms with Gasteiger partial charge in [-0.15, -0.1) is 0 Å². The average Bonchev–Trinajstić information content (AvgIpc) is 2.36. The molecule has 1 heterocycles. The fourth-order valence-electron chi connectivity index (χ4n) is 1.70. The molecule has 0 amide bonds. The summed E-state index contributed by atoms with van der Waals surface area (Å²) in [5.41, 5.74) is 1.93. The molecule has 0 saturated carbocycles. The molecular weight excluding hydrogens is 202 g/mol. The Balaban J connectivity index is 2.69. The lowest BCUT2D eigenvalue weighted by Gasteiger charge is -2.10. The molecule has 1 aromatic carbocycles. The lowest BCUT2D eigenvalue weighted by atomic mass is 10.1. The van der Waals surface area contributed by atoms with E-state index in [1.54, 1.807) is 14.2 Å². The molecule has 2 aromatic rings. The minimum Gasteiger partial charge on any atom is -0.493 e. The van der Waals surface area contributed by atoms with Gasteiger partial charge in [-0.3, -0.25) is 4.98 Å². The first kappa shape index (κ1) is 10.7. The van der Waals surface area contributed by atoms with Crippen molar-refractivity contribution in [2.45, 2.75) is 6.42 Å². The van der Waals surface area contributed by atoms with Crippen LogP contribution in [0.4, 0.5) is 0 Å². The van der Waals surface area contributed by atoms with Crippen LogP contribution in [0.1, 0.15) is 5.56 Å². The van der Waals surface area contributed by atoms with Gasteiger partial charge in [0, 0.05) is 11.6 Å². The Hall–Kier alpha value is -1.77. The Morgan fingerprint density at radius 3 is 2.69 bits per heavy atom. The molecule has 0 aliphatic rings. The highest BCUT2D eigenvalue weighted by Gasteiger charge is 2.09. The summed E-state index contributed by atoms with van der Waals surface area (Å²) in [5, 5.41) is 1.04. The summed E-state index contributed by atoms with van der Waals surface area (Å²) < 4.78 is 10.5. The monoisotopic (exact) mass is 216 g/mol. The van der Waals surface area contributed by atoms with Gasteiger partial charge in [-0.25, -0.2) is 0 Å². The van der Waals surface area contributed by atoms with Crippen LogP contribution in [0.2, 0.25) is 0 Å². The van der Waals surface area contributed by atoms with E-state index >= 15 is 0 Å². The molecule has 83 valence electrons. The standard InChI is InChI=1S/C13H14NO2/c1-4-9-7-10-5-6-11(15-2)13(16-3)12(10)14-8-9/h5-8H,1,4H2,2-3H3. The third kappa shape index (κ3) is 1.69. The second-order valence-electron chi connectivity index (χ2n) is 3.47. The van der Waals surface area contributed by atoms with Crippen LogP contribution in [0, 0.1) is 6.92 Å². The fourth-order valence-corrected chi connectivity index (χ4v) is 1.70. The zero-order chi connectivity index (χ0) is 11.5. The molecule has 0 unspecified atom stereocenters. The predicted molar refractivity (Wildman–Crippen MR) is 63.9 cm³/mol. The van der Waals surface area contributed by atoms with Crippen molar-refractivity contribution in [2.75, 3.05) is 14.2 Å². The highest BCUT2D eigenvalue weighted by molar-refractivity contribution is 5.87. The minimum absolute atomic E-state index is 0.676. The maximum Gasteiger partial charge on any atom is 0.187 e. The van der Waals surface area contributed by atoms with Crippen LogP contribution in [0.3, 0.4) is 0 Å². The lowest BCUT2D eigenvalue weighted by molar-refractivity contribution is 0.358. The van der Waals surface area contributed by atoms with Crippen molar-refractivity contribution in [2.24, 2.45) is 0 Å². The number of benzene rings is 1. The second kappa shape index (κ2) is 4.39. The quantitative estimate of drug-likeness (QED) is 0.790. The summed E-state index contributed by atoms with van der Waals surface area (Å²) in [5.74, 6) is 1.38. The molecule has 1 radical (unpaired) electrons. The number of hydrogen-bond donors (Lipinski definition) is 0. The second-order valence-corrected chi connectivity index (χ2v) is 3.47. The van der Waals surface area contributed by atoms with Crippen molar-refractivity contribution < 1.29 is 9.47 Å². The molecule has 0 aliphatic heterocycles. The van der Waals surface area contributed by atoms with Crippen molar-refractivity contribution in [3.63, 3.8) is 0 Å². The number of fused-ring (bicyclic) bond motifs is 1. The van der Waals surface area contributed by atoms with Crippen LogP contribution in [0.25, 0.3) is 10.9 Å². The van der Waals surface area contributed by atoms with E-state index in [0.717, 1.165) is 22.9 Å². The number of pyridine rings is 1. The summed E-state index contributed by atoms with van der Waals surface area (Å²) in [7, 11) is 3.24. The predicted octanol–water partition coefficient (Wildman–Crippen LogP) is 2.63. The number of rotatable bonds is 3. The van der Waals surface area contributed by atoms with Crippen LogP contribution in [-0.2, 0) is 6.42 Å². The van der Waals surface area contributed by atoms with E-state index in [-0.39, 0.29) is 0 Å². The van der Waals surface area contributed by atoms with Crippen LogP contribution in [0.15, 0.2) is 24.4 Å². The van der Waals surface area contributed by atoms with Gasteiger partial charge >= 0.3 is 0 Å². The molecule has 0 aliphatic carbocycles. The number of hydrogen-bond acceptors (Lipinski definition) is 3. The largest absolute Gasteiger partial charge is 0.493 e. The Morgan fingerprint density at radius 2 is 2.06 bits per heavy atom. The molecule has 0 fully saturated rings. The molecule has 2 rings (SSSR count). The molecular formula is C13H14NO2. The van der Waals surface area contributed by atoms with Crippen molar-refractivity contribution in [3.05, 3.63) is 36.9 Å². The van der Waals surface area contributed by atoms with E-state index in [1.165, 1.54) is 0 Å². The number of aromatic nitrogens is 1. The first-order valence-electron chi connectivity index (χ1n) is 5.09. The van der Waals surface area contributed by atoms with Gasteiger partial charge in [0.15, 0.2) is 11.5 Å². The van der Waals surface area contributed by atoms with E-state index in [9.17, 15) is 0 Å². The molecule has 1 aromatic heterocycles. The van der Waals surface area contributed by atoms with E-state index < -0.39 is 0 Å². The maximum atomic E-state index is 5.32. The smallest absolute Gasteiger partial charge is 0.187 e. The fraction of sp³-hybridized carbons (Fsp3) is 0.231. The van der Waals surface area contributed by atoms with E-state index in [0.29, 0.717) is 11.5 Å². The molecule has 0 N–H and O–H groups in total. The van der Waals surface area contributed by atoms with Gasteiger partial charge in [-0.1, -0.05) is 0 Å². The zero-order valence-corrected chi connectivity index (χ0v) is 9.49. The molecule has 0 atom stereocenters. The highest BCUT2D eigenvalue weighted by Crippen LogP contribution is 2.34. The van der Waals surface area contributed by atoms with Crippen molar-refractivity contribution in [1.82, 2.24) is 4.98 Å². The van der Waals surface area contributed by atoms with Crippen LogP contribution < -0.4 is 9.47 Å². The normalized spacial score (nSPS) is 10.4. The van der Waals surface area contributed by atoms with Crippen LogP contribution in [-0.4, -0.2) is 19.2 Å². The van der Waals surface area contributed by atoms with E-state index in [1.807, 2.05) is 18.3 Å². The van der Waals surface area contributed by atoms with Crippen molar-refractivity contribution in [1.29, 1.82) is 0 Å². The molecule has 16 heavy (non-hydrogen) atoms. The Bertz CT molecular complexity index is 509. The number of ether oxygens (including phenoxy) is 2. The topological polar surface area (TPSA) is 31.4 Å². The van der Waals surface area contributed by atoms with Gasteiger partial charge in [0.25, 0.3) is 0 Å². The maximum absolute atomic E-state index is 5.32. The molecule has 0 bridgehead atoms. The molecule has 0 spiro atoms. The first-order valence-corrected chi connectivity index (χ1v) is 5.09. The lowest BCUT2D eigenvalue weighted by Crippen LogP contribution is -1.94. The Kier molecular flexibility index (Phi) is 2.95. The summed E-state index contributed by atoms with van der Waals surface area (Å²) in [6.07, 6.45) is 2.55. The van der Waals surface area contributed by atoms with Crippen LogP contribution >= 0.6 is 0 Å². The summed E-state index contributed by atoms with van der Waals surface area (Å²) >= 11 is 0. The SMILES string of the molecule is [CH2]Cc1cnc2c(OC)c(OC)ccc2c1. The van der Waals surface area contributed by atoms with Gasteiger partial charge in [0.2, 0.25) is 0 Å². The summed E-state index contributed by atoms with van der Waals surface area (Å²) in [6, 6.07) is 5.93. The van der Waals surface area contributed by atoms with Gasteiger partial charge in [-0.05, 0) is 37.1 Å². The van der Waals surface area contributed by atoms with Crippen molar-refractivity contribution >= 4 is 10.9 Å². The summed E-state index contributed by atoms with van der Waals surface area (Å²) in [4.78, 5) is 4.39.